The Morgan fingerprint density at radius 3 is 2.52 bits per heavy atom. The van der Waals surface area contributed by atoms with E-state index >= 15 is 0 Å². The van der Waals surface area contributed by atoms with Crippen molar-refractivity contribution in [3.8, 4) is 0 Å². The van der Waals surface area contributed by atoms with Crippen LogP contribution in [0.2, 0.25) is 0 Å². The summed E-state index contributed by atoms with van der Waals surface area (Å²) in [6, 6.07) is -1.19. The highest BCUT2D eigenvalue weighted by atomic mass is 32.2. The van der Waals surface area contributed by atoms with Gasteiger partial charge in [0, 0.05) is 12.2 Å². The van der Waals surface area contributed by atoms with E-state index in [0.717, 1.165) is 4.31 Å². The lowest BCUT2D eigenvalue weighted by Gasteiger charge is -2.26. The minimum Gasteiger partial charge on any atom is -0.480 e. The Morgan fingerprint density at radius 2 is 2.05 bits per heavy atom. The Bertz CT molecular complexity index is 467. The molecule has 1 heterocycles. The summed E-state index contributed by atoms with van der Waals surface area (Å²) in [6.07, 6.45) is -5.02. The van der Waals surface area contributed by atoms with Gasteiger partial charge in [0.05, 0.1) is 11.1 Å². The van der Waals surface area contributed by atoms with Crippen LogP contribution >= 0.6 is 11.8 Å². The van der Waals surface area contributed by atoms with Crippen LogP contribution in [0, 0.1) is 0 Å². The summed E-state index contributed by atoms with van der Waals surface area (Å²) in [5, 5.41) is 8.58. The van der Waals surface area contributed by atoms with E-state index in [9.17, 15) is 26.4 Å². The zero-order chi connectivity index (χ0) is 16.3. The van der Waals surface area contributed by atoms with E-state index in [0.29, 0.717) is 12.8 Å². The molecule has 1 aliphatic rings. The summed E-state index contributed by atoms with van der Waals surface area (Å²) in [6.45, 7) is 1.84. The molecule has 0 aromatic carbocycles. The zero-order valence-corrected chi connectivity index (χ0v) is 13.1. The molecule has 5 nitrogen and oxygen atoms in total. The normalized spacial score (nSPS) is 24.4. The van der Waals surface area contributed by atoms with Gasteiger partial charge in [-0.25, -0.2) is 8.42 Å². The smallest absolute Gasteiger partial charge is 0.389 e. The van der Waals surface area contributed by atoms with Gasteiger partial charge in [-0.15, -0.1) is 11.8 Å². The summed E-state index contributed by atoms with van der Waals surface area (Å²) < 4.78 is 61.6. The molecule has 0 amide bonds. The molecule has 124 valence electrons. The number of carboxylic acids is 1. The fraction of sp³-hybridized carbons (Fsp3) is 0.909. The molecule has 1 N–H and O–H groups in total. The second kappa shape index (κ2) is 7.19. The van der Waals surface area contributed by atoms with Crippen LogP contribution in [-0.2, 0) is 14.8 Å². The van der Waals surface area contributed by atoms with Crippen molar-refractivity contribution < 1.29 is 31.5 Å². The van der Waals surface area contributed by atoms with Gasteiger partial charge in [-0.05, 0) is 12.8 Å². The van der Waals surface area contributed by atoms with Gasteiger partial charge in [-0.2, -0.15) is 17.5 Å². The molecular weight excluding hydrogens is 331 g/mol. The van der Waals surface area contributed by atoms with Gasteiger partial charge in [0.1, 0.15) is 6.04 Å². The second-order valence-corrected chi connectivity index (χ2v) is 8.00. The van der Waals surface area contributed by atoms with E-state index in [2.05, 4.69) is 0 Å². The molecule has 0 aromatic heterocycles. The third-order valence-electron chi connectivity index (χ3n) is 3.04. The molecule has 21 heavy (non-hydrogen) atoms. The number of sulfonamides is 1. The predicted molar refractivity (Wildman–Crippen MR) is 73.5 cm³/mol. The number of halogens is 3. The third kappa shape index (κ3) is 5.33. The van der Waals surface area contributed by atoms with Gasteiger partial charge in [0.25, 0.3) is 0 Å². The van der Waals surface area contributed by atoms with Crippen LogP contribution in [-0.4, -0.2) is 52.9 Å². The van der Waals surface area contributed by atoms with Crippen molar-refractivity contribution in [1.29, 1.82) is 0 Å². The quantitative estimate of drug-likeness (QED) is 0.763. The number of carbonyl (C=O) groups is 1. The molecule has 0 aromatic rings. The molecule has 1 saturated heterocycles. The molecule has 0 radical (unpaired) electrons. The lowest BCUT2D eigenvalue weighted by Crippen LogP contribution is -2.46. The highest BCUT2D eigenvalue weighted by Crippen LogP contribution is 2.35. The first-order valence-electron chi connectivity index (χ1n) is 6.51. The highest BCUT2D eigenvalue weighted by Gasteiger charge is 2.45. The van der Waals surface area contributed by atoms with Crippen LogP contribution in [0.25, 0.3) is 0 Å². The molecule has 1 rings (SSSR count). The van der Waals surface area contributed by atoms with Crippen LogP contribution in [0.4, 0.5) is 13.2 Å². The van der Waals surface area contributed by atoms with Crippen molar-refractivity contribution in [3.63, 3.8) is 0 Å². The Labute approximate surface area is 125 Å². The Balaban J connectivity index is 2.82. The van der Waals surface area contributed by atoms with Crippen LogP contribution < -0.4 is 0 Å². The largest absolute Gasteiger partial charge is 0.480 e. The number of hydrogen-bond donors (Lipinski definition) is 1. The molecular formula is C11H18F3NO4S2. The Hall–Kier alpha value is -0.480. The fourth-order valence-electron chi connectivity index (χ4n) is 2.12. The van der Waals surface area contributed by atoms with E-state index in [1.54, 1.807) is 0 Å². The minimum atomic E-state index is -4.41. The maximum atomic E-state index is 12.2. The molecule has 2 atom stereocenters. The summed E-state index contributed by atoms with van der Waals surface area (Å²) in [7, 11) is -4.02. The Kier molecular flexibility index (Phi) is 6.36. The van der Waals surface area contributed by atoms with E-state index < -0.39 is 52.2 Å². The molecule has 1 fully saturated rings. The maximum absolute atomic E-state index is 12.2. The molecule has 10 heteroatoms. The van der Waals surface area contributed by atoms with Crippen LogP contribution in [0.5, 0.6) is 0 Å². The molecule has 0 aliphatic carbocycles. The Morgan fingerprint density at radius 1 is 1.43 bits per heavy atom. The van der Waals surface area contributed by atoms with Crippen molar-refractivity contribution in [2.24, 2.45) is 0 Å². The van der Waals surface area contributed by atoms with E-state index in [1.807, 2.05) is 6.92 Å². The molecule has 0 bridgehead atoms. The second-order valence-electron chi connectivity index (χ2n) is 4.80. The number of alkyl halides is 3. The number of carboxylic acid groups (broad SMARTS) is 1. The zero-order valence-electron chi connectivity index (χ0n) is 11.5. The molecule has 2 unspecified atom stereocenters. The highest BCUT2D eigenvalue weighted by molar-refractivity contribution is 8.01. The fourth-order valence-corrected chi connectivity index (χ4v) is 5.93. The monoisotopic (exact) mass is 349 g/mol. The van der Waals surface area contributed by atoms with Crippen LogP contribution in [0.1, 0.15) is 32.6 Å². The van der Waals surface area contributed by atoms with Crippen molar-refractivity contribution in [2.45, 2.75) is 50.2 Å². The van der Waals surface area contributed by atoms with Crippen molar-refractivity contribution >= 4 is 27.8 Å². The van der Waals surface area contributed by atoms with Crippen molar-refractivity contribution in [2.75, 3.05) is 11.5 Å². The van der Waals surface area contributed by atoms with Crippen molar-refractivity contribution in [1.82, 2.24) is 4.31 Å². The standard InChI is InChI=1S/C11H18F3NO4S2/c1-2-4-9-15(8(7-20-9)10(16)17)21(18,19)6-3-5-11(12,13)14/h8-9H,2-7H2,1H3,(H,16,17). The van der Waals surface area contributed by atoms with Crippen LogP contribution in [0.3, 0.4) is 0 Å². The topological polar surface area (TPSA) is 74.7 Å². The van der Waals surface area contributed by atoms with Gasteiger partial charge in [-0.3, -0.25) is 4.79 Å². The maximum Gasteiger partial charge on any atom is 0.389 e. The van der Waals surface area contributed by atoms with E-state index in [4.69, 9.17) is 5.11 Å². The first kappa shape index (κ1) is 18.6. The van der Waals surface area contributed by atoms with E-state index in [-0.39, 0.29) is 5.75 Å². The summed E-state index contributed by atoms with van der Waals surface area (Å²) >= 11 is 1.22. The minimum absolute atomic E-state index is 0.124. The first-order valence-corrected chi connectivity index (χ1v) is 9.16. The molecule has 0 spiro atoms. The average molecular weight is 349 g/mol. The summed E-state index contributed by atoms with van der Waals surface area (Å²) in [5.74, 6) is -1.82. The molecule has 1 aliphatic heterocycles. The summed E-state index contributed by atoms with van der Waals surface area (Å²) in [4.78, 5) is 11.1. The van der Waals surface area contributed by atoms with Gasteiger partial charge >= 0.3 is 12.1 Å². The third-order valence-corrected chi connectivity index (χ3v) is 6.49. The van der Waals surface area contributed by atoms with Gasteiger partial charge in [0.2, 0.25) is 10.0 Å². The number of thioether (sulfide) groups is 1. The predicted octanol–water partition coefficient (Wildman–Crippen LogP) is 2.29. The summed E-state index contributed by atoms with van der Waals surface area (Å²) in [5.41, 5.74) is 0. The number of nitrogens with zero attached hydrogens (tertiary/aromatic N) is 1. The SMILES string of the molecule is CCCC1SCC(C(=O)O)N1S(=O)(=O)CCCC(F)(F)F. The van der Waals surface area contributed by atoms with Gasteiger partial charge in [0.15, 0.2) is 0 Å². The van der Waals surface area contributed by atoms with Crippen LogP contribution in [0.15, 0.2) is 0 Å². The average Bonchev–Trinajstić information content (AvgIpc) is 2.72. The number of hydrogen-bond acceptors (Lipinski definition) is 4. The van der Waals surface area contributed by atoms with Gasteiger partial charge in [-0.1, -0.05) is 13.3 Å². The number of aliphatic carboxylic acids is 1. The lowest BCUT2D eigenvalue weighted by atomic mass is 10.3. The number of rotatable bonds is 7. The van der Waals surface area contributed by atoms with Crippen molar-refractivity contribution in [3.05, 3.63) is 0 Å². The first-order chi connectivity index (χ1) is 9.58. The van der Waals surface area contributed by atoms with Gasteiger partial charge < -0.3 is 5.11 Å². The van der Waals surface area contributed by atoms with E-state index in [1.165, 1.54) is 11.8 Å². The molecule has 0 saturated carbocycles. The lowest BCUT2D eigenvalue weighted by molar-refractivity contribution is -0.140.